The van der Waals surface area contributed by atoms with Crippen molar-refractivity contribution in [2.45, 2.75) is 51.0 Å². The van der Waals surface area contributed by atoms with E-state index in [1.54, 1.807) is 0 Å². The summed E-state index contributed by atoms with van der Waals surface area (Å²) in [7, 11) is 2.39. The van der Waals surface area contributed by atoms with Gasteiger partial charge in [0.05, 0.1) is 0 Å². The van der Waals surface area contributed by atoms with Crippen molar-refractivity contribution < 1.29 is 0 Å². The molecule has 0 aliphatic heterocycles. The Labute approximate surface area is 118 Å². The number of rotatable bonds is 4. The van der Waals surface area contributed by atoms with E-state index in [1.807, 2.05) is 0 Å². The Hall–Kier alpha value is -0.0800. The van der Waals surface area contributed by atoms with Crippen LogP contribution in [0.5, 0.6) is 0 Å². The number of likely N-dealkylation sites (N-methyl/N-ethyl adjacent to an activating group) is 1. The maximum Gasteiger partial charge on any atom is 0.0385 e. The Morgan fingerprint density at radius 2 is 1.53 bits per heavy atom. The van der Waals surface area contributed by atoms with Crippen LogP contribution in [0.15, 0.2) is 0 Å². The summed E-state index contributed by atoms with van der Waals surface area (Å²) >= 11 is 0. The number of nitrogens with two attached hydrogens (primary N) is 1. The SMILES string of the molecule is CC1CC1CN(C)C1(CN)C2CC3CC(C2)CC1C3. The van der Waals surface area contributed by atoms with Crippen LogP contribution < -0.4 is 5.73 Å². The van der Waals surface area contributed by atoms with Crippen LogP contribution in [0.2, 0.25) is 0 Å². The third kappa shape index (κ3) is 1.75. The molecule has 0 amide bonds. The van der Waals surface area contributed by atoms with Crippen LogP contribution in [0.25, 0.3) is 0 Å². The minimum Gasteiger partial charge on any atom is -0.329 e. The van der Waals surface area contributed by atoms with Crippen molar-refractivity contribution in [2.75, 3.05) is 20.1 Å². The summed E-state index contributed by atoms with van der Waals surface area (Å²) in [5.74, 6) is 5.85. The molecule has 108 valence electrons. The van der Waals surface area contributed by atoms with Gasteiger partial charge in [-0.15, -0.1) is 0 Å². The molecule has 5 aliphatic rings. The Balaban J connectivity index is 1.58. The van der Waals surface area contributed by atoms with Crippen molar-refractivity contribution in [3.05, 3.63) is 0 Å². The van der Waals surface area contributed by atoms with Crippen LogP contribution in [-0.4, -0.2) is 30.6 Å². The minimum atomic E-state index is 0.371. The highest BCUT2D eigenvalue weighted by atomic mass is 15.2. The molecule has 0 aromatic heterocycles. The summed E-state index contributed by atoms with van der Waals surface area (Å²) < 4.78 is 0. The smallest absolute Gasteiger partial charge is 0.0385 e. The molecule has 19 heavy (non-hydrogen) atoms. The topological polar surface area (TPSA) is 29.3 Å². The average molecular weight is 262 g/mol. The lowest BCUT2D eigenvalue weighted by molar-refractivity contribution is -0.124. The minimum absolute atomic E-state index is 0.371. The first kappa shape index (κ1) is 12.6. The quantitative estimate of drug-likeness (QED) is 0.844. The standard InChI is InChI=1S/C17H30N2/c1-11-3-14(11)9-19(2)17(10-18)15-5-12-4-13(7-15)8-16(17)6-12/h11-16H,3-10,18H2,1-2H3. The van der Waals surface area contributed by atoms with Crippen molar-refractivity contribution in [3.8, 4) is 0 Å². The van der Waals surface area contributed by atoms with Crippen LogP contribution in [0.3, 0.4) is 0 Å². The number of nitrogens with zero attached hydrogens (tertiary/aromatic N) is 1. The molecule has 5 aliphatic carbocycles. The van der Waals surface area contributed by atoms with E-state index in [1.165, 1.54) is 45.1 Å². The summed E-state index contributed by atoms with van der Waals surface area (Å²) in [4.78, 5) is 2.73. The van der Waals surface area contributed by atoms with Crippen LogP contribution in [0.4, 0.5) is 0 Å². The van der Waals surface area contributed by atoms with E-state index >= 15 is 0 Å². The van der Waals surface area contributed by atoms with Gasteiger partial charge in [-0.05, 0) is 81.1 Å². The van der Waals surface area contributed by atoms with Crippen LogP contribution in [0, 0.1) is 35.5 Å². The van der Waals surface area contributed by atoms with Gasteiger partial charge < -0.3 is 5.73 Å². The molecule has 5 saturated carbocycles. The molecule has 0 radical (unpaired) electrons. The van der Waals surface area contributed by atoms with Gasteiger partial charge in [-0.2, -0.15) is 0 Å². The number of hydrogen-bond acceptors (Lipinski definition) is 2. The molecule has 5 fully saturated rings. The predicted octanol–water partition coefficient (Wildman–Crippen LogP) is 2.73. The van der Waals surface area contributed by atoms with Gasteiger partial charge in [0.25, 0.3) is 0 Å². The average Bonchev–Trinajstić information content (AvgIpc) is 3.04. The third-order valence-corrected chi connectivity index (χ3v) is 7.37. The summed E-state index contributed by atoms with van der Waals surface area (Å²) in [6.45, 7) is 4.62. The van der Waals surface area contributed by atoms with Crippen molar-refractivity contribution in [2.24, 2.45) is 41.2 Å². The summed E-state index contributed by atoms with van der Waals surface area (Å²) in [6.07, 6.45) is 8.91. The largest absolute Gasteiger partial charge is 0.329 e. The Morgan fingerprint density at radius 1 is 1.00 bits per heavy atom. The van der Waals surface area contributed by atoms with Gasteiger partial charge in [-0.3, -0.25) is 4.90 Å². The summed E-state index contributed by atoms with van der Waals surface area (Å²) in [6, 6.07) is 0. The lowest BCUT2D eigenvalue weighted by Gasteiger charge is -2.64. The lowest BCUT2D eigenvalue weighted by Crippen LogP contribution is -2.68. The molecule has 2 atom stereocenters. The van der Waals surface area contributed by atoms with Crippen LogP contribution in [-0.2, 0) is 0 Å². The van der Waals surface area contributed by atoms with E-state index in [0.29, 0.717) is 5.54 Å². The van der Waals surface area contributed by atoms with Gasteiger partial charge in [0, 0.05) is 18.6 Å². The second kappa shape index (κ2) is 4.21. The predicted molar refractivity (Wildman–Crippen MR) is 78.7 cm³/mol. The van der Waals surface area contributed by atoms with Crippen molar-refractivity contribution in [3.63, 3.8) is 0 Å². The summed E-state index contributed by atoms with van der Waals surface area (Å²) in [5.41, 5.74) is 6.75. The summed E-state index contributed by atoms with van der Waals surface area (Å²) in [5, 5.41) is 0. The second-order valence-corrected chi connectivity index (χ2v) is 8.35. The molecule has 0 aromatic rings. The normalized spacial score (nSPS) is 54.9. The van der Waals surface area contributed by atoms with E-state index in [0.717, 1.165) is 42.1 Å². The van der Waals surface area contributed by atoms with Crippen molar-refractivity contribution in [1.82, 2.24) is 4.90 Å². The molecule has 5 rings (SSSR count). The molecular weight excluding hydrogens is 232 g/mol. The van der Waals surface area contributed by atoms with Crippen molar-refractivity contribution in [1.29, 1.82) is 0 Å². The highest BCUT2D eigenvalue weighted by Gasteiger charge is 2.58. The first-order valence-corrected chi connectivity index (χ1v) is 8.54. The molecule has 4 bridgehead atoms. The first-order valence-electron chi connectivity index (χ1n) is 8.54. The molecule has 2 N–H and O–H groups in total. The zero-order chi connectivity index (χ0) is 13.2. The Bertz CT molecular complexity index is 336. The maximum atomic E-state index is 6.38. The first-order chi connectivity index (χ1) is 9.13. The monoisotopic (exact) mass is 262 g/mol. The zero-order valence-electron chi connectivity index (χ0n) is 12.6. The van der Waals surface area contributed by atoms with Gasteiger partial charge in [0.2, 0.25) is 0 Å². The fourth-order valence-corrected chi connectivity index (χ4v) is 6.29. The molecular formula is C17H30N2. The molecule has 2 heteroatoms. The second-order valence-electron chi connectivity index (χ2n) is 8.35. The molecule has 0 heterocycles. The van der Waals surface area contributed by atoms with Gasteiger partial charge in [-0.1, -0.05) is 6.92 Å². The van der Waals surface area contributed by atoms with Crippen LogP contribution >= 0.6 is 0 Å². The van der Waals surface area contributed by atoms with Crippen molar-refractivity contribution >= 4 is 0 Å². The van der Waals surface area contributed by atoms with E-state index in [-0.39, 0.29) is 0 Å². The van der Waals surface area contributed by atoms with Gasteiger partial charge >= 0.3 is 0 Å². The highest BCUT2D eigenvalue weighted by molar-refractivity contribution is 5.12. The molecule has 0 aromatic carbocycles. The fourth-order valence-electron chi connectivity index (χ4n) is 6.29. The van der Waals surface area contributed by atoms with E-state index < -0.39 is 0 Å². The van der Waals surface area contributed by atoms with Gasteiger partial charge in [0.15, 0.2) is 0 Å². The highest BCUT2D eigenvalue weighted by Crippen LogP contribution is 2.60. The van der Waals surface area contributed by atoms with E-state index in [2.05, 4.69) is 18.9 Å². The van der Waals surface area contributed by atoms with Gasteiger partial charge in [-0.25, -0.2) is 0 Å². The molecule has 0 spiro atoms. The maximum absolute atomic E-state index is 6.38. The Morgan fingerprint density at radius 3 is 1.95 bits per heavy atom. The van der Waals surface area contributed by atoms with E-state index in [9.17, 15) is 0 Å². The van der Waals surface area contributed by atoms with Gasteiger partial charge in [0.1, 0.15) is 0 Å². The van der Waals surface area contributed by atoms with E-state index in [4.69, 9.17) is 5.73 Å². The number of hydrogen-bond donors (Lipinski definition) is 1. The molecule has 2 unspecified atom stereocenters. The fraction of sp³-hybridized carbons (Fsp3) is 1.00. The third-order valence-electron chi connectivity index (χ3n) is 7.37. The Kier molecular flexibility index (Phi) is 2.80. The zero-order valence-corrected chi connectivity index (χ0v) is 12.6. The lowest BCUT2D eigenvalue weighted by atomic mass is 9.48. The van der Waals surface area contributed by atoms with Crippen LogP contribution in [0.1, 0.15) is 45.4 Å². The molecule has 2 nitrogen and oxygen atoms in total. The molecule has 0 saturated heterocycles.